The van der Waals surface area contributed by atoms with Crippen LogP contribution in [0.15, 0.2) is 59.5 Å². The molecule has 0 heterocycles. The summed E-state index contributed by atoms with van der Waals surface area (Å²) >= 11 is 0. The lowest BCUT2D eigenvalue weighted by Crippen LogP contribution is -2.28. The number of ether oxygens (including phenoxy) is 7. The molecule has 42 heavy (non-hydrogen) atoms. The first-order valence-corrected chi connectivity index (χ1v) is 15.3. The van der Waals surface area contributed by atoms with Crippen molar-refractivity contribution in [1.29, 1.82) is 0 Å². The molecule has 13 heteroatoms. The number of hydrogen-bond donors (Lipinski definition) is 1. The predicted molar refractivity (Wildman–Crippen MR) is 154 cm³/mol. The summed E-state index contributed by atoms with van der Waals surface area (Å²) in [5.74, 6) is 0. The van der Waals surface area contributed by atoms with E-state index in [1.54, 1.807) is 12.1 Å². The Morgan fingerprint density at radius 1 is 0.619 bits per heavy atom. The number of alkyl carbamates (subject to hydrolysis) is 1. The lowest BCUT2D eigenvalue weighted by molar-refractivity contribution is -0.0175. The summed E-state index contributed by atoms with van der Waals surface area (Å²) in [7, 11) is -3.78. The Morgan fingerprint density at radius 3 is 1.57 bits per heavy atom. The molecule has 0 fully saturated rings. The molecular formula is C29H43NO11S. The van der Waals surface area contributed by atoms with Gasteiger partial charge in [-0.2, -0.15) is 8.42 Å². The van der Waals surface area contributed by atoms with Crippen LogP contribution in [0.2, 0.25) is 0 Å². The number of carbonyl (C=O) groups excluding carboxylic acids is 1. The number of amides is 1. The normalized spacial score (nSPS) is 11.5. The largest absolute Gasteiger partial charge is 0.445 e. The van der Waals surface area contributed by atoms with Gasteiger partial charge in [-0.05, 0) is 24.6 Å². The standard InChI is InChI=1S/C29H43NO11S/c1-26-7-9-28(10-8-26)42(32,33)41-24-23-39-22-21-38-20-19-37-18-17-36-16-15-35-14-13-34-12-11-30-29(31)40-25-27-5-3-2-4-6-27/h2-10H,11-25H2,1H3,(H,30,31). The second-order valence-electron chi connectivity index (χ2n) is 8.75. The van der Waals surface area contributed by atoms with Crippen molar-refractivity contribution < 1.29 is 50.6 Å². The van der Waals surface area contributed by atoms with Gasteiger partial charge in [0.2, 0.25) is 0 Å². The Hall–Kier alpha value is -2.62. The van der Waals surface area contributed by atoms with E-state index in [2.05, 4.69) is 5.32 Å². The van der Waals surface area contributed by atoms with Gasteiger partial charge in [0.25, 0.3) is 10.1 Å². The number of aryl methyl sites for hydroxylation is 1. The zero-order valence-electron chi connectivity index (χ0n) is 24.2. The number of hydrogen-bond acceptors (Lipinski definition) is 11. The fourth-order valence-corrected chi connectivity index (χ4v) is 4.07. The van der Waals surface area contributed by atoms with Crippen LogP contribution < -0.4 is 5.32 Å². The van der Waals surface area contributed by atoms with Crippen LogP contribution in [0.4, 0.5) is 4.79 Å². The highest BCUT2D eigenvalue weighted by Crippen LogP contribution is 2.12. The lowest BCUT2D eigenvalue weighted by atomic mass is 10.2. The molecule has 236 valence electrons. The highest BCUT2D eigenvalue weighted by atomic mass is 32.2. The average molecular weight is 614 g/mol. The first-order chi connectivity index (χ1) is 20.5. The predicted octanol–water partition coefficient (Wildman–Crippen LogP) is 2.73. The van der Waals surface area contributed by atoms with E-state index in [0.717, 1.165) is 11.1 Å². The minimum absolute atomic E-state index is 0.0641. The van der Waals surface area contributed by atoms with Crippen molar-refractivity contribution in [2.75, 3.05) is 92.4 Å². The maximum atomic E-state index is 12.1. The van der Waals surface area contributed by atoms with Gasteiger partial charge in [-0.15, -0.1) is 0 Å². The van der Waals surface area contributed by atoms with Gasteiger partial charge in [0.1, 0.15) is 6.61 Å². The van der Waals surface area contributed by atoms with Crippen LogP contribution in [0.5, 0.6) is 0 Å². The molecule has 0 atom stereocenters. The molecule has 0 spiro atoms. The number of benzene rings is 2. The van der Waals surface area contributed by atoms with Crippen molar-refractivity contribution in [2.45, 2.75) is 18.4 Å². The third kappa shape index (κ3) is 18.0. The van der Waals surface area contributed by atoms with E-state index in [1.165, 1.54) is 12.1 Å². The van der Waals surface area contributed by atoms with Crippen LogP contribution >= 0.6 is 0 Å². The van der Waals surface area contributed by atoms with Crippen molar-refractivity contribution in [3.8, 4) is 0 Å². The van der Waals surface area contributed by atoms with Gasteiger partial charge < -0.3 is 38.5 Å². The van der Waals surface area contributed by atoms with Crippen molar-refractivity contribution in [2.24, 2.45) is 0 Å². The van der Waals surface area contributed by atoms with Gasteiger partial charge in [0.05, 0.1) is 90.8 Å². The molecule has 2 aromatic rings. The molecule has 0 saturated carbocycles. The van der Waals surface area contributed by atoms with Crippen molar-refractivity contribution >= 4 is 16.2 Å². The zero-order chi connectivity index (χ0) is 30.1. The summed E-state index contributed by atoms with van der Waals surface area (Å²) in [6, 6.07) is 15.9. The molecule has 0 aliphatic rings. The van der Waals surface area contributed by atoms with Gasteiger partial charge in [0.15, 0.2) is 0 Å². The maximum absolute atomic E-state index is 12.1. The highest BCUT2D eigenvalue weighted by molar-refractivity contribution is 7.86. The Kier molecular flexibility index (Phi) is 19.4. The molecule has 1 N–H and O–H groups in total. The van der Waals surface area contributed by atoms with Gasteiger partial charge in [0, 0.05) is 6.54 Å². The van der Waals surface area contributed by atoms with E-state index in [9.17, 15) is 13.2 Å². The minimum atomic E-state index is -3.78. The van der Waals surface area contributed by atoms with E-state index in [1.807, 2.05) is 37.3 Å². The quantitative estimate of drug-likeness (QED) is 0.131. The maximum Gasteiger partial charge on any atom is 0.407 e. The van der Waals surface area contributed by atoms with E-state index < -0.39 is 16.2 Å². The second-order valence-corrected chi connectivity index (χ2v) is 10.4. The molecule has 0 aliphatic carbocycles. The first-order valence-electron chi connectivity index (χ1n) is 13.8. The summed E-state index contributed by atoms with van der Waals surface area (Å²) in [4.78, 5) is 11.7. The average Bonchev–Trinajstić information content (AvgIpc) is 2.99. The number of rotatable bonds is 25. The molecule has 12 nitrogen and oxygen atoms in total. The third-order valence-electron chi connectivity index (χ3n) is 5.36. The molecule has 1 amide bonds. The van der Waals surface area contributed by atoms with Crippen LogP contribution in [0, 0.1) is 6.92 Å². The molecule has 0 saturated heterocycles. The van der Waals surface area contributed by atoms with E-state index >= 15 is 0 Å². The molecule has 0 unspecified atom stereocenters. The summed E-state index contributed by atoms with van der Waals surface area (Å²) in [6.07, 6.45) is -0.480. The van der Waals surface area contributed by atoms with Crippen LogP contribution in [0.25, 0.3) is 0 Å². The SMILES string of the molecule is Cc1ccc(S(=O)(=O)OCCOCCOCCOCCOCCOCCOCCNC(=O)OCc2ccccc2)cc1. The molecule has 0 aromatic heterocycles. The lowest BCUT2D eigenvalue weighted by Gasteiger charge is -2.09. The van der Waals surface area contributed by atoms with Gasteiger partial charge in [-0.1, -0.05) is 48.0 Å². The molecule has 0 radical (unpaired) electrons. The third-order valence-corrected chi connectivity index (χ3v) is 6.69. The zero-order valence-corrected chi connectivity index (χ0v) is 25.0. The van der Waals surface area contributed by atoms with Crippen LogP contribution in [-0.4, -0.2) is 107 Å². The summed E-state index contributed by atoms with van der Waals surface area (Å²) in [6.45, 7) is 7.06. The minimum Gasteiger partial charge on any atom is -0.445 e. The first kappa shape index (κ1) is 35.6. The monoisotopic (exact) mass is 613 g/mol. The summed E-state index contributed by atoms with van der Waals surface area (Å²) < 4.78 is 66.6. The fourth-order valence-electron chi connectivity index (χ4n) is 3.18. The number of carbonyl (C=O) groups is 1. The van der Waals surface area contributed by atoms with E-state index in [0.29, 0.717) is 79.2 Å². The van der Waals surface area contributed by atoms with Crippen molar-refractivity contribution in [3.63, 3.8) is 0 Å². The topological polar surface area (TPSA) is 137 Å². The Morgan fingerprint density at radius 2 is 1.07 bits per heavy atom. The van der Waals surface area contributed by atoms with Gasteiger partial charge in [-0.3, -0.25) is 4.18 Å². The van der Waals surface area contributed by atoms with Crippen molar-refractivity contribution in [3.05, 3.63) is 65.7 Å². The Balaban J connectivity index is 1.24. The summed E-state index contributed by atoms with van der Waals surface area (Å²) in [5.41, 5.74) is 1.90. The molecule has 0 bridgehead atoms. The highest BCUT2D eigenvalue weighted by Gasteiger charge is 2.14. The van der Waals surface area contributed by atoms with E-state index in [-0.39, 0.29) is 24.7 Å². The summed E-state index contributed by atoms with van der Waals surface area (Å²) in [5, 5.41) is 2.63. The van der Waals surface area contributed by atoms with Crippen LogP contribution in [-0.2, 0) is 54.1 Å². The van der Waals surface area contributed by atoms with Crippen molar-refractivity contribution in [1.82, 2.24) is 5.32 Å². The van der Waals surface area contributed by atoms with Gasteiger partial charge >= 0.3 is 6.09 Å². The molecule has 2 aromatic carbocycles. The second kappa shape index (κ2) is 22.9. The van der Waals surface area contributed by atoms with E-state index in [4.69, 9.17) is 37.3 Å². The fraction of sp³-hybridized carbons (Fsp3) is 0.552. The van der Waals surface area contributed by atoms with Crippen LogP contribution in [0.1, 0.15) is 11.1 Å². The smallest absolute Gasteiger partial charge is 0.407 e. The Bertz CT molecular complexity index is 1050. The number of nitrogens with one attached hydrogen (secondary N) is 1. The van der Waals surface area contributed by atoms with Gasteiger partial charge in [-0.25, -0.2) is 4.79 Å². The molecular weight excluding hydrogens is 570 g/mol. The molecule has 0 aliphatic heterocycles. The van der Waals surface area contributed by atoms with Crippen LogP contribution in [0.3, 0.4) is 0 Å². The Labute approximate surface area is 248 Å². The molecule has 2 rings (SSSR count).